The molecule has 1 aliphatic rings. The fraction of sp³-hybridized carbons (Fsp3) is 0.600. The maximum Gasteiger partial charge on any atom is 0.256 e. The molecule has 1 aromatic rings. The monoisotopic (exact) mass is 278 g/mol. The van der Waals surface area contributed by atoms with Crippen LogP contribution in [0.25, 0.3) is 0 Å². The third-order valence-electron chi connectivity index (χ3n) is 3.41. The van der Waals surface area contributed by atoms with Crippen LogP contribution < -0.4 is 10.1 Å². The Morgan fingerprint density at radius 3 is 2.70 bits per heavy atom. The number of aromatic nitrogens is 1. The zero-order valence-electron chi connectivity index (χ0n) is 12.1. The first-order valence-electron chi connectivity index (χ1n) is 7.12. The summed E-state index contributed by atoms with van der Waals surface area (Å²) in [5.74, 6) is 0.636. The van der Waals surface area contributed by atoms with Crippen molar-refractivity contribution in [3.8, 4) is 5.88 Å². The van der Waals surface area contributed by atoms with Gasteiger partial charge in [0.05, 0.1) is 18.5 Å². The van der Waals surface area contributed by atoms with E-state index in [-0.39, 0.29) is 5.91 Å². The van der Waals surface area contributed by atoms with Crippen LogP contribution >= 0.6 is 0 Å². The fourth-order valence-electron chi connectivity index (χ4n) is 2.23. The van der Waals surface area contributed by atoms with Crippen molar-refractivity contribution in [3.05, 3.63) is 18.3 Å². The van der Waals surface area contributed by atoms with E-state index in [9.17, 15) is 9.90 Å². The quantitative estimate of drug-likeness (QED) is 0.867. The number of nitrogens with one attached hydrogen (secondary N) is 1. The summed E-state index contributed by atoms with van der Waals surface area (Å²) >= 11 is 0. The van der Waals surface area contributed by atoms with Gasteiger partial charge < -0.3 is 15.2 Å². The van der Waals surface area contributed by atoms with Gasteiger partial charge in [-0.05, 0) is 37.7 Å². The molecule has 110 valence electrons. The Balaban J connectivity index is 1.91. The molecule has 1 heterocycles. The van der Waals surface area contributed by atoms with Crippen molar-refractivity contribution in [2.24, 2.45) is 5.92 Å². The van der Waals surface area contributed by atoms with E-state index in [1.54, 1.807) is 18.3 Å². The molecule has 1 aromatic heterocycles. The summed E-state index contributed by atoms with van der Waals surface area (Å²) in [7, 11) is 0. The van der Waals surface area contributed by atoms with Crippen molar-refractivity contribution in [1.82, 2.24) is 4.98 Å². The van der Waals surface area contributed by atoms with Crippen LogP contribution in [0.1, 0.15) is 39.5 Å². The van der Waals surface area contributed by atoms with Crippen LogP contribution in [0.2, 0.25) is 0 Å². The van der Waals surface area contributed by atoms with Crippen molar-refractivity contribution in [1.29, 1.82) is 0 Å². The van der Waals surface area contributed by atoms with Crippen LogP contribution in [-0.2, 0) is 4.79 Å². The Morgan fingerprint density at radius 2 is 2.15 bits per heavy atom. The summed E-state index contributed by atoms with van der Waals surface area (Å²) in [6.45, 7) is 4.74. The SMILES string of the molecule is CC(C)COc1ccc(NC(=O)C2(O)CCCC2)cn1. The molecule has 2 N–H and O–H groups in total. The Labute approximate surface area is 119 Å². The number of hydrogen-bond donors (Lipinski definition) is 2. The standard InChI is InChI=1S/C15H22N2O3/c1-11(2)10-20-13-6-5-12(9-16-13)17-14(18)15(19)7-3-4-8-15/h5-6,9,11,19H,3-4,7-8,10H2,1-2H3,(H,17,18). The van der Waals surface area contributed by atoms with Gasteiger partial charge in [-0.3, -0.25) is 4.79 Å². The second-order valence-electron chi connectivity index (χ2n) is 5.78. The molecule has 0 saturated heterocycles. The second kappa shape index (κ2) is 6.22. The smallest absolute Gasteiger partial charge is 0.256 e. The molecule has 0 atom stereocenters. The molecule has 2 rings (SSSR count). The van der Waals surface area contributed by atoms with Gasteiger partial charge in [0, 0.05) is 6.07 Å². The molecule has 5 nitrogen and oxygen atoms in total. The highest BCUT2D eigenvalue weighted by Crippen LogP contribution is 2.30. The van der Waals surface area contributed by atoms with Crippen molar-refractivity contribution in [2.75, 3.05) is 11.9 Å². The van der Waals surface area contributed by atoms with E-state index in [4.69, 9.17) is 4.74 Å². The predicted molar refractivity (Wildman–Crippen MR) is 76.6 cm³/mol. The number of aliphatic hydroxyl groups is 1. The zero-order valence-corrected chi connectivity index (χ0v) is 12.1. The number of ether oxygens (including phenoxy) is 1. The first-order valence-corrected chi connectivity index (χ1v) is 7.12. The minimum Gasteiger partial charge on any atom is -0.477 e. The first kappa shape index (κ1) is 14.8. The lowest BCUT2D eigenvalue weighted by molar-refractivity contribution is -0.133. The normalized spacial score (nSPS) is 17.2. The average Bonchev–Trinajstić information content (AvgIpc) is 2.86. The van der Waals surface area contributed by atoms with Crippen LogP contribution in [0.15, 0.2) is 18.3 Å². The number of anilines is 1. The Kier molecular flexibility index (Phi) is 4.60. The Bertz CT molecular complexity index is 451. The van der Waals surface area contributed by atoms with Crippen molar-refractivity contribution in [3.63, 3.8) is 0 Å². The molecule has 0 bridgehead atoms. The van der Waals surface area contributed by atoms with Gasteiger partial charge in [0.1, 0.15) is 5.60 Å². The molecule has 1 amide bonds. The lowest BCUT2D eigenvalue weighted by Crippen LogP contribution is -2.40. The number of carbonyl (C=O) groups is 1. The number of carbonyl (C=O) groups excluding carboxylic acids is 1. The summed E-state index contributed by atoms with van der Waals surface area (Å²) in [5.41, 5.74) is -0.639. The number of pyridine rings is 1. The minimum absolute atomic E-state index is 0.340. The highest BCUT2D eigenvalue weighted by Gasteiger charge is 2.38. The molecule has 5 heteroatoms. The lowest BCUT2D eigenvalue weighted by atomic mass is 10.0. The molecule has 0 spiro atoms. The van der Waals surface area contributed by atoms with Crippen molar-refractivity contribution < 1.29 is 14.6 Å². The predicted octanol–water partition coefficient (Wildman–Crippen LogP) is 2.36. The third kappa shape index (κ3) is 3.70. The molecule has 0 aliphatic heterocycles. The highest BCUT2D eigenvalue weighted by molar-refractivity contribution is 5.97. The van der Waals surface area contributed by atoms with Crippen LogP contribution in [0, 0.1) is 5.92 Å². The second-order valence-corrected chi connectivity index (χ2v) is 5.78. The molecule has 0 unspecified atom stereocenters. The molecule has 1 saturated carbocycles. The summed E-state index contributed by atoms with van der Waals surface area (Å²) in [6.07, 6.45) is 4.39. The van der Waals surface area contributed by atoms with Gasteiger partial charge in [-0.15, -0.1) is 0 Å². The van der Waals surface area contributed by atoms with E-state index in [0.29, 0.717) is 36.9 Å². The number of amides is 1. The van der Waals surface area contributed by atoms with Crippen molar-refractivity contribution in [2.45, 2.75) is 45.1 Å². The Hall–Kier alpha value is -1.62. The first-order chi connectivity index (χ1) is 9.49. The van der Waals surface area contributed by atoms with Crippen LogP contribution in [0.3, 0.4) is 0 Å². The van der Waals surface area contributed by atoms with Gasteiger partial charge in [0.15, 0.2) is 0 Å². The van der Waals surface area contributed by atoms with E-state index in [1.807, 2.05) is 0 Å². The van der Waals surface area contributed by atoms with Gasteiger partial charge >= 0.3 is 0 Å². The zero-order chi connectivity index (χ0) is 14.6. The summed E-state index contributed by atoms with van der Waals surface area (Å²) in [4.78, 5) is 16.2. The molecule has 1 aliphatic carbocycles. The lowest BCUT2D eigenvalue weighted by Gasteiger charge is -2.20. The topological polar surface area (TPSA) is 71.5 Å². The molecule has 1 fully saturated rings. The number of nitrogens with zero attached hydrogens (tertiary/aromatic N) is 1. The molecular weight excluding hydrogens is 256 g/mol. The van der Waals surface area contributed by atoms with Gasteiger partial charge in [0.2, 0.25) is 5.88 Å². The Morgan fingerprint density at radius 1 is 1.45 bits per heavy atom. The molecule has 0 radical (unpaired) electrons. The van der Waals surface area contributed by atoms with E-state index in [0.717, 1.165) is 12.8 Å². The van der Waals surface area contributed by atoms with Gasteiger partial charge in [-0.1, -0.05) is 13.8 Å². The fourth-order valence-corrected chi connectivity index (χ4v) is 2.23. The van der Waals surface area contributed by atoms with Crippen LogP contribution in [0.5, 0.6) is 5.88 Å². The van der Waals surface area contributed by atoms with Gasteiger partial charge in [0.25, 0.3) is 5.91 Å². The number of hydrogen-bond acceptors (Lipinski definition) is 4. The van der Waals surface area contributed by atoms with E-state index >= 15 is 0 Å². The van der Waals surface area contributed by atoms with E-state index in [1.165, 1.54) is 0 Å². The maximum atomic E-state index is 12.0. The molecule has 0 aromatic carbocycles. The summed E-state index contributed by atoms with van der Waals surface area (Å²) in [5, 5.41) is 12.9. The largest absolute Gasteiger partial charge is 0.477 e. The van der Waals surface area contributed by atoms with Crippen molar-refractivity contribution >= 4 is 11.6 Å². The van der Waals surface area contributed by atoms with E-state index < -0.39 is 5.60 Å². The highest BCUT2D eigenvalue weighted by atomic mass is 16.5. The van der Waals surface area contributed by atoms with Gasteiger partial charge in [-0.25, -0.2) is 4.98 Å². The molecule has 20 heavy (non-hydrogen) atoms. The summed E-state index contributed by atoms with van der Waals surface area (Å²) in [6, 6.07) is 3.45. The number of rotatable bonds is 5. The van der Waals surface area contributed by atoms with E-state index in [2.05, 4.69) is 24.1 Å². The minimum atomic E-state index is -1.22. The maximum absolute atomic E-state index is 12.0. The van der Waals surface area contributed by atoms with Gasteiger partial charge in [-0.2, -0.15) is 0 Å². The molecular formula is C15H22N2O3. The summed E-state index contributed by atoms with van der Waals surface area (Å²) < 4.78 is 5.47. The third-order valence-corrected chi connectivity index (χ3v) is 3.41. The van der Waals surface area contributed by atoms with Crippen LogP contribution in [-0.4, -0.2) is 28.2 Å². The van der Waals surface area contributed by atoms with Crippen LogP contribution in [0.4, 0.5) is 5.69 Å². The average molecular weight is 278 g/mol.